The van der Waals surface area contributed by atoms with E-state index in [1.54, 1.807) is 25.3 Å². The highest BCUT2D eigenvalue weighted by molar-refractivity contribution is 6.08. The van der Waals surface area contributed by atoms with E-state index < -0.39 is 0 Å². The lowest BCUT2D eigenvalue weighted by atomic mass is 10.1. The van der Waals surface area contributed by atoms with Crippen LogP contribution in [0.25, 0.3) is 5.70 Å². The zero-order valence-electron chi connectivity index (χ0n) is 7.26. The smallest absolute Gasteiger partial charge is 0.256 e. The maximum absolute atomic E-state index is 11.3. The van der Waals surface area contributed by atoms with E-state index in [1.165, 1.54) is 0 Å². The number of benzene rings is 1. The van der Waals surface area contributed by atoms with Crippen LogP contribution in [0.3, 0.4) is 0 Å². The minimum Gasteiger partial charge on any atom is -0.497 e. The summed E-state index contributed by atoms with van der Waals surface area (Å²) in [7, 11) is 1.59. The first kappa shape index (κ1) is 7.86. The predicted octanol–water partition coefficient (Wildman–Crippen LogP) is 1.41. The van der Waals surface area contributed by atoms with Gasteiger partial charge in [-0.15, -0.1) is 0 Å². The van der Waals surface area contributed by atoms with Gasteiger partial charge in [-0.05, 0) is 18.2 Å². The Morgan fingerprint density at radius 3 is 2.85 bits per heavy atom. The van der Waals surface area contributed by atoms with Gasteiger partial charge >= 0.3 is 0 Å². The monoisotopic (exact) mass is 175 g/mol. The molecule has 0 saturated carbocycles. The van der Waals surface area contributed by atoms with Crippen LogP contribution in [0.4, 0.5) is 0 Å². The average Bonchev–Trinajstić information content (AvgIpc) is 2.42. The number of carbonyl (C=O) groups excluding carboxylic acids is 1. The molecule has 1 amide bonds. The van der Waals surface area contributed by atoms with Gasteiger partial charge in [-0.3, -0.25) is 4.79 Å². The number of methoxy groups -OCH3 is 1. The summed E-state index contributed by atoms with van der Waals surface area (Å²) in [5.74, 6) is 0.638. The molecule has 13 heavy (non-hydrogen) atoms. The molecule has 0 unspecified atom stereocenters. The average molecular weight is 175 g/mol. The van der Waals surface area contributed by atoms with Crippen molar-refractivity contribution in [3.05, 3.63) is 35.9 Å². The Labute approximate surface area is 76.0 Å². The first-order valence-electron chi connectivity index (χ1n) is 3.91. The fourth-order valence-electron chi connectivity index (χ4n) is 1.37. The number of nitrogens with one attached hydrogen (secondary N) is 1. The van der Waals surface area contributed by atoms with E-state index in [4.69, 9.17) is 4.74 Å². The molecule has 1 N–H and O–H groups in total. The molecular weight excluding hydrogens is 166 g/mol. The second kappa shape index (κ2) is 2.62. The fourth-order valence-corrected chi connectivity index (χ4v) is 1.37. The first-order chi connectivity index (χ1) is 6.22. The van der Waals surface area contributed by atoms with Crippen molar-refractivity contribution in [1.29, 1.82) is 0 Å². The number of rotatable bonds is 1. The SMILES string of the molecule is C=C1NC(=O)c2ccc(OC)cc21. The highest BCUT2D eigenvalue weighted by atomic mass is 16.5. The zero-order valence-corrected chi connectivity index (χ0v) is 7.26. The van der Waals surface area contributed by atoms with Crippen LogP contribution in [0.2, 0.25) is 0 Å². The van der Waals surface area contributed by atoms with E-state index in [0.29, 0.717) is 11.3 Å². The topological polar surface area (TPSA) is 38.3 Å². The number of hydrogen-bond donors (Lipinski definition) is 1. The summed E-state index contributed by atoms with van der Waals surface area (Å²) in [6, 6.07) is 5.30. The third-order valence-electron chi connectivity index (χ3n) is 2.06. The molecule has 1 aromatic rings. The molecule has 0 aromatic heterocycles. The Morgan fingerprint density at radius 1 is 1.38 bits per heavy atom. The van der Waals surface area contributed by atoms with E-state index in [-0.39, 0.29) is 5.91 Å². The van der Waals surface area contributed by atoms with Gasteiger partial charge in [0.25, 0.3) is 5.91 Å². The standard InChI is InChI=1S/C10H9NO2/c1-6-9-5-7(13-2)3-4-8(9)10(12)11-6/h3-5H,1H2,2H3,(H,11,12). The molecule has 0 spiro atoms. The fraction of sp³-hybridized carbons (Fsp3) is 0.100. The van der Waals surface area contributed by atoms with E-state index in [1.807, 2.05) is 0 Å². The maximum atomic E-state index is 11.3. The summed E-state index contributed by atoms with van der Waals surface area (Å²) in [4.78, 5) is 11.3. The second-order valence-electron chi connectivity index (χ2n) is 2.84. The van der Waals surface area contributed by atoms with Crippen LogP contribution in [0, 0.1) is 0 Å². The Balaban J connectivity index is 2.58. The molecule has 0 atom stereocenters. The molecule has 0 fully saturated rings. The van der Waals surface area contributed by atoms with E-state index >= 15 is 0 Å². The van der Waals surface area contributed by atoms with Crippen molar-refractivity contribution >= 4 is 11.6 Å². The Hall–Kier alpha value is -1.77. The van der Waals surface area contributed by atoms with Gasteiger partial charge in [-0.2, -0.15) is 0 Å². The maximum Gasteiger partial charge on any atom is 0.256 e. The summed E-state index contributed by atoms with van der Waals surface area (Å²) in [5, 5.41) is 2.64. The van der Waals surface area contributed by atoms with Crippen LogP contribution in [0.1, 0.15) is 15.9 Å². The molecule has 0 aliphatic carbocycles. The zero-order chi connectivity index (χ0) is 9.42. The summed E-state index contributed by atoms with van der Waals surface area (Å²) >= 11 is 0. The van der Waals surface area contributed by atoms with Crippen LogP contribution in [0.5, 0.6) is 5.75 Å². The third kappa shape index (κ3) is 1.09. The lowest BCUT2D eigenvalue weighted by Crippen LogP contribution is -2.11. The number of hydrogen-bond acceptors (Lipinski definition) is 2. The van der Waals surface area contributed by atoms with E-state index in [0.717, 1.165) is 11.3 Å². The Morgan fingerprint density at radius 2 is 2.15 bits per heavy atom. The van der Waals surface area contributed by atoms with Gasteiger partial charge in [0.05, 0.1) is 7.11 Å². The van der Waals surface area contributed by atoms with Crippen molar-refractivity contribution < 1.29 is 9.53 Å². The Kier molecular flexibility index (Phi) is 1.59. The van der Waals surface area contributed by atoms with Gasteiger partial charge < -0.3 is 10.1 Å². The van der Waals surface area contributed by atoms with E-state index in [2.05, 4.69) is 11.9 Å². The number of amides is 1. The van der Waals surface area contributed by atoms with E-state index in [9.17, 15) is 4.79 Å². The molecule has 1 aromatic carbocycles. The lowest BCUT2D eigenvalue weighted by molar-refractivity contribution is 0.0981. The van der Waals surface area contributed by atoms with Crippen LogP contribution >= 0.6 is 0 Å². The van der Waals surface area contributed by atoms with Crippen molar-refractivity contribution in [2.24, 2.45) is 0 Å². The molecule has 0 bridgehead atoms. The molecular formula is C10H9NO2. The first-order valence-corrected chi connectivity index (χ1v) is 3.91. The van der Waals surface area contributed by atoms with Crippen molar-refractivity contribution in [2.75, 3.05) is 7.11 Å². The molecule has 1 aliphatic rings. The highest BCUT2D eigenvalue weighted by Crippen LogP contribution is 2.26. The summed E-state index contributed by atoms with van der Waals surface area (Å²) in [5.41, 5.74) is 2.12. The number of carbonyl (C=O) groups is 1. The van der Waals surface area contributed by atoms with Gasteiger partial charge in [0.15, 0.2) is 0 Å². The number of fused-ring (bicyclic) bond motifs is 1. The molecule has 1 aliphatic heterocycles. The largest absolute Gasteiger partial charge is 0.497 e. The minimum absolute atomic E-state index is 0.0948. The van der Waals surface area contributed by atoms with Crippen LogP contribution in [-0.4, -0.2) is 13.0 Å². The predicted molar refractivity (Wildman–Crippen MR) is 49.5 cm³/mol. The summed E-state index contributed by atoms with van der Waals surface area (Å²) in [6.45, 7) is 3.73. The van der Waals surface area contributed by atoms with Crippen LogP contribution < -0.4 is 10.1 Å². The molecule has 1 heterocycles. The number of ether oxygens (including phenoxy) is 1. The molecule has 2 rings (SSSR count). The van der Waals surface area contributed by atoms with Crippen LogP contribution in [-0.2, 0) is 0 Å². The minimum atomic E-state index is -0.0948. The van der Waals surface area contributed by atoms with Gasteiger partial charge in [0, 0.05) is 16.8 Å². The molecule has 66 valence electrons. The van der Waals surface area contributed by atoms with Crippen molar-refractivity contribution in [2.45, 2.75) is 0 Å². The quantitative estimate of drug-likeness (QED) is 0.700. The lowest BCUT2D eigenvalue weighted by Gasteiger charge is -2.01. The van der Waals surface area contributed by atoms with Crippen molar-refractivity contribution in [1.82, 2.24) is 5.32 Å². The van der Waals surface area contributed by atoms with Gasteiger partial charge in [-0.25, -0.2) is 0 Å². The molecule has 0 radical (unpaired) electrons. The molecule has 3 heteroatoms. The van der Waals surface area contributed by atoms with Gasteiger partial charge in [0.1, 0.15) is 5.75 Å². The van der Waals surface area contributed by atoms with Gasteiger partial charge in [-0.1, -0.05) is 6.58 Å². The van der Waals surface area contributed by atoms with Crippen molar-refractivity contribution in [3.63, 3.8) is 0 Å². The van der Waals surface area contributed by atoms with Crippen molar-refractivity contribution in [3.8, 4) is 5.75 Å². The summed E-state index contributed by atoms with van der Waals surface area (Å²) in [6.07, 6.45) is 0. The Bertz CT molecular complexity index is 396. The van der Waals surface area contributed by atoms with Crippen LogP contribution in [0.15, 0.2) is 24.8 Å². The van der Waals surface area contributed by atoms with Gasteiger partial charge in [0.2, 0.25) is 0 Å². The molecule has 3 nitrogen and oxygen atoms in total. The summed E-state index contributed by atoms with van der Waals surface area (Å²) < 4.78 is 5.04. The third-order valence-corrected chi connectivity index (χ3v) is 2.06. The second-order valence-corrected chi connectivity index (χ2v) is 2.84. The normalized spacial score (nSPS) is 13.9. The molecule has 0 saturated heterocycles. The highest BCUT2D eigenvalue weighted by Gasteiger charge is 2.22.